The maximum absolute atomic E-state index is 7.97. The first kappa shape index (κ1) is 30.4. The number of hydrogen-bond donors (Lipinski definition) is 0. The van der Waals surface area contributed by atoms with Crippen LogP contribution in [0.15, 0.2) is 120 Å². The van der Waals surface area contributed by atoms with E-state index in [1.165, 1.54) is 22.5 Å². The van der Waals surface area contributed by atoms with Crippen molar-refractivity contribution in [2.45, 2.75) is 59.2 Å². The third-order valence-electron chi connectivity index (χ3n) is 8.88. The summed E-state index contributed by atoms with van der Waals surface area (Å²) in [6.07, 6.45) is 3.36. The van der Waals surface area contributed by atoms with Crippen molar-refractivity contribution in [3.63, 3.8) is 0 Å². The van der Waals surface area contributed by atoms with Crippen molar-refractivity contribution < 1.29 is 28.6 Å². The molecule has 0 saturated carbocycles. The van der Waals surface area contributed by atoms with Gasteiger partial charge in [-0.3, -0.25) is 0 Å². The molecule has 0 aliphatic heterocycles. The molecule has 247 valence electrons. The van der Waals surface area contributed by atoms with Gasteiger partial charge in [-0.2, -0.15) is 0 Å². The molecule has 0 amide bonds. The van der Waals surface area contributed by atoms with Gasteiger partial charge in [0.25, 0.3) is 0 Å². The molecule has 8 rings (SSSR count). The molecule has 3 heterocycles. The van der Waals surface area contributed by atoms with E-state index in [-0.39, 0.29) is 36.5 Å². The zero-order valence-electron chi connectivity index (χ0n) is 31.6. The Morgan fingerprint density at radius 1 is 0.653 bits per heavy atom. The molecule has 0 unspecified atom stereocenters. The fraction of sp³-hybridized carbons (Fsp3) is 0.200. The average Bonchev–Trinajstić information content (AvgIpc) is 3.48. The molecular formula is C45H40IrN2O-2. The fourth-order valence-electron chi connectivity index (χ4n) is 6.24. The van der Waals surface area contributed by atoms with E-state index in [9.17, 15) is 0 Å². The Bertz CT molecular complexity index is 2540. The molecule has 0 atom stereocenters. The van der Waals surface area contributed by atoms with E-state index in [0.29, 0.717) is 11.3 Å². The van der Waals surface area contributed by atoms with Gasteiger partial charge in [0.15, 0.2) is 0 Å². The van der Waals surface area contributed by atoms with Crippen LogP contribution in [-0.2, 0) is 30.9 Å². The summed E-state index contributed by atoms with van der Waals surface area (Å²) in [4.78, 5) is 8.95. The fourth-order valence-corrected chi connectivity index (χ4v) is 6.24. The molecule has 0 N–H and O–H groups in total. The number of aryl methyl sites for hydroxylation is 1. The quantitative estimate of drug-likeness (QED) is 0.129. The molecule has 1 radical (unpaired) electrons. The second kappa shape index (κ2) is 13.3. The Labute approximate surface area is 307 Å². The van der Waals surface area contributed by atoms with Crippen molar-refractivity contribution in [2.24, 2.45) is 0 Å². The van der Waals surface area contributed by atoms with Crippen LogP contribution in [0.2, 0.25) is 0 Å². The number of aromatic nitrogens is 2. The minimum atomic E-state index is -2.23. The second-order valence-electron chi connectivity index (χ2n) is 14.4. The van der Waals surface area contributed by atoms with E-state index in [1.54, 1.807) is 0 Å². The second-order valence-corrected chi connectivity index (χ2v) is 14.4. The normalized spacial score (nSPS) is 13.0. The number of benzene rings is 5. The molecule has 0 bridgehead atoms. The third kappa shape index (κ3) is 6.81. The average molecular weight is 820 g/mol. The SMILES string of the molecule is CC(C)(C)c1ccnc(-c2[c-]cccc2)c1.[2H]C([2H])([2H])c1cnc(-c2[c-]ccc3c2oc2cc4c(ccc5ccccc54)cc23)cc1C(C)(C)C.[Ir]. The Hall–Kier alpha value is -4.63. The van der Waals surface area contributed by atoms with Gasteiger partial charge in [0.05, 0.1) is 5.58 Å². The van der Waals surface area contributed by atoms with Crippen LogP contribution in [0, 0.1) is 19.0 Å². The molecule has 3 nitrogen and oxygen atoms in total. The van der Waals surface area contributed by atoms with Gasteiger partial charge in [-0.25, -0.2) is 0 Å². The first-order chi connectivity index (χ1) is 24.2. The Morgan fingerprint density at radius 3 is 2.20 bits per heavy atom. The molecule has 8 aromatic rings. The molecule has 0 spiro atoms. The minimum absolute atomic E-state index is 0. The topological polar surface area (TPSA) is 38.9 Å². The minimum Gasteiger partial charge on any atom is -0.501 e. The Morgan fingerprint density at radius 2 is 1.45 bits per heavy atom. The number of furan rings is 1. The van der Waals surface area contributed by atoms with Crippen LogP contribution in [0.4, 0.5) is 0 Å². The predicted molar refractivity (Wildman–Crippen MR) is 201 cm³/mol. The van der Waals surface area contributed by atoms with Crippen LogP contribution in [0.3, 0.4) is 0 Å². The van der Waals surface area contributed by atoms with Gasteiger partial charge in [0.1, 0.15) is 5.58 Å². The van der Waals surface area contributed by atoms with Crippen LogP contribution >= 0.6 is 0 Å². The van der Waals surface area contributed by atoms with Crippen LogP contribution in [0.5, 0.6) is 0 Å². The standard InChI is InChI=1S/C30H24NO.C15H16N.Ir/c1-18-17-31-27(16-26(18)30(2,3)4)23-11-7-10-22-25-14-20-13-12-19-8-5-6-9-21(19)24(20)15-28(25)32-29(22)23;1-15(2,3)13-9-10-16-14(11-13)12-7-5-4-6-8-12;/h5-10,12-17H,1-4H3;4-7,9-11H,1-3H3;/q2*-1;/i1D3;;. The summed E-state index contributed by atoms with van der Waals surface area (Å²) >= 11 is 0. The molecule has 0 aliphatic rings. The summed E-state index contributed by atoms with van der Waals surface area (Å²) in [7, 11) is 0. The molecule has 0 fully saturated rings. The van der Waals surface area contributed by atoms with Crippen LogP contribution in [-0.4, -0.2) is 9.97 Å². The number of rotatable bonds is 2. The molecule has 49 heavy (non-hydrogen) atoms. The summed E-state index contributed by atoms with van der Waals surface area (Å²) in [5, 5.41) is 6.71. The number of hydrogen-bond acceptors (Lipinski definition) is 3. The van der Waals surface area contributed by atoms with Crippen molar-refractivity contribution in [1.82, 2.24) is 9.97 Å². The zero-order valence-corrected chi connectivity index (χ0v) is 31.0. The van der Waals surface area contributed by atoms with Crippen LogP contribution in [0.25, 0.3) is 66.0 Å². The number of fused-ring (bicyclic) bond motifs is 6. The van der Waals surface area contributed by atoms with E-state index in [0.717, 1.165) is 49.5 Å². The molecule has 4 heteroatoms. The maximum Gasteiger partial charge on any atom is 0.121 e. The van der Waals surface area contributed by atoms with Crippen molar-refractivity contribution in [1.29, 1.82) is 0 Å². The van der Waals surface area contributed by atoms with Crippen molar-refractivity contribution in [2.75, 3.05) is 0 Å². The number of pyridine rings is 2. The van der Waals surface area contributed by atoms with Gasteiger partial charge in [0, 0.05) is 42.0 Å². The van der Waals surface area contributed by atoms with E-state index in [4.69, 9.17) is 8.53 Å². The Balaban J connectivity index is 0.000000230. The zero-order chi connectivity index (χ0) is 36.1. The van der Waals surface area contributed by atoms with Crippen molar-refractivity contribution in [3.05, 3.63) is 144 Å². The molecule has 0 saturated heterocycles. The summed E-state index contributed by atoms with van der Waals surface area (Å²) in [6.45, 7) is 10.4. The number of nitrogens with zero attached hydrogens (tertiary/aromatic N) is 2. The van der Waals surface area contributed by atoms with Gasteiger partial charge in [0.2, 0.25) is 0 Å². The van der Waals surface area contributed by atoms with E-state index in [2.05, 4.69) is 97.5 Å². The molecule has 5 aromatic carbocycles. The third-order valence-corrected chi connectivity index (χ3v) is 8.88. The summed E-state index contributed by atoms with van der Waals surface area (Å²) in [5.41, 5.74) is 7.07. The van der Waals surface area contributed by atoms with E-state index >= 15 is 0 Å². The largest absolute Gasteiger partial charge is 0.501 e. The molecular weight excluding hydrogens is 777 g/mol. The van der Waals surface area contributed by atoms with Gasteiger partial charge >= 0.3 is 0 Å². The molecule has 3 aromatic heterocycles. The van der Waals surface area contributed by atoms with Gasteiger partial charge in [-0.15, -0.1) is 54.1 Å². The Kier molecular flexibility index (Phi) is 8.29. The van der Waals surface area contributed by atoms with Gasteiger partial charge in [-0.05, 0) is 85.5 Å². The van der Waals surface area contributed by atoms with E-state index < -0.39 is 6.85 Å². The smallest absolute Gasteiger partial charge is 0.121 e. The van der Waals surface area contributed by atoms with Crippen LogP contribution < -0.4 is 0 Å². The monoisotopic (exact) mass is 820 g/mol. The van der Waals surface area contributed by atoms with Gasteiger partial charge in [-0.1, -0.05) is 101 Å². The van der Waals surface area contributed by atoms with E-state index in [1.807, 2.05) is 75.5 Å². The van der Waals surface area contributed by atoms with Crippen LogP contribution in [0.1, 0.15) is 62.3 Å². The molecule has 0 aliphatic carbocycles. The first-order valence-electron chi connectivity index (χ1n) is 17.8. The van der Waals surface area contributed by atoms with Gasteiger partial charge < -0.3 is 14.4 Å². The predicted octanol–water partition coefficient (Wildman–Crippen LogP) is 12.2. The summed E-state index contributed by atoms with van der Waals surface area (Å²) in [5.74, 6) is 0. The summed E-state index contributed by atoms with van der Waals surface area (Å²) < 4.78 is 30.3. The van der Waals surface area contributed by atoms with Crippen molar-refractivity contribution in [3.8, 4) is 22.5 Å². The maximum atomic E-state index is 7.97. The van der Waals surface area contributed by atoms with Crippen molar-refractivity contribution >= 4 is 43.5 Å². The summed E-state index contributed by atoms with van der Waals surface area (Å²) in [6, 6.07) is 41.4. The first-order valence-corrected chi connectivity index (χ1v) is 16.3.